The Bertz CT molecular complexity index is 353. The first kappa shape index (κ1) is 16.3. The molecule has 2 rings (SSSR count). The molecule has 2 saturated carbocycles. The van der Waals surface area contributed by atoms with E-state index < -0.39 is 5.41 Å². The van der Waals surface area contributed by atoms with Gasteiger partial charge in [0.05, 0.1) is 13.2 Å². The molecule has 0 spiro atoms. The molecular formula is C18H29NO2. The van der Waals surface area contributed by atoms with Gasteiger partial charge in [0.25, 0.3) is 0 Å². The van der Waals surface area contributed by atoms with E-state index in [2.05, 4.69) is 6.07 Å². The van der Waals surface area contributed by atoms with E-state index in [-0.39, 0.29) is 5.97 Å². The maximum atomic E-state index is 12.4. The predicted octanol–water partition coefficient (Wildman–Crippen LogP) is 4.61. The summed E-state index contributed by atoms with van der Waals surface area (Å²) in [7, 11) is 1.43. The van der Waals surface area contributed by atoms with Gasteiger partial charge in [-0.05, 0) is 24.7 Å². The summed E-state index contributed by atoms with van der Waals surface area (Å²) in [5, 5.41) is 9.79. The lowest BCUT2D eigenvalue weighted by atomic mass is 9.69. The Hall–Kier alpha value is -1.04. The maximum absolute atomic E-state index is 12.4. The Kier molecular flexibility index (Phi) is 6.08. The van der Waals surface area contributed by atoms with Crippen LogP contribution in [0.25, 0.3) is 0 Å². The zero-order chi connectivity index (χ0) is 15.1. The molecule has 3 heteroatoms. The third kappa shape index (κ3) is 4.22. The molecule has 0 aromatic rings. The summed E-state index contributed by atoms with van der Waals surface area (Å²) in [6.45, 7) is 0. The van der Waals surface area contributed by atoms with Crippen molar-refractivity contribution >= 4 is 5.97 Å². The summed E-state index contributed by atoms with van der Waals surface area (Å²) in [4.78, 5) is 12.4. The standard InChI is InChI=1S/C18H29NO2/c1-21-17(20)18(14-19,12-15-8-4-2-5-9-15)13-16-10-6-3-7-11-16/h15-16H,2-13H2,1H3. The topological polar surface area (TPSA) is 50.1 Å². The molecule has 2 aliphatic rings. The number of nitrogens with zero attached hydrogens (tertiary/aromatic N) is 1. The van der Waals surface area contributed by atoms with Crippen LogP contribution in [0.4, 0.5) is 0 Å². The molecule has 3 nitrogen and oxygen atoms in total. The van der Waals surface area contributed by atoms with Gasteiger partial charge in [0.2, 0.25) is 0 Å². The zero-order valence-corrected chi connectivity index (χ0v) is 13.4. The van der Waals surface area contributed by atoms with E-state index in [0.29, 0.717) is 24.7 Å². The molecule has 0 atom stereocenters. The summed E-state index contributed by atoms with van der Waals surface area (Å²) in [5.74, 6) is 0.767. The first-order valence-corrected chi connectivity index (χ1v) is 8.70. The molecule has 0 bridgehead atoms. The van der Waals surface area contributed by atoms with E-state index in [4.69, 9.17) is 4.74 Å². The van der Waals surface area contributed by atoms with Gasteiger partial charge in [-0.25, -0.2) is 0 Å². The Morgan fingerprint density at radius 2 is 1.43 bits per heavy atom. The molecule has 21 heavy (non-hydrogen) atoms. The van der Waals surface area contributed by atoms with Crippen LogP contribution in [0, 0.1) is 28.6 Å². The minimum absolute atomic E-state index is 0.291. The number of ether oxygens (including phenoxy) is 1. The van der Waals surface area contributed by atoms with Crippen LogP contribution in [0.2, 0.25) is 0 Å². The number of nitriles is 1. The van der Waals surface area contributed by atoms with Crippen molar-refractivity contribution in [2.45, 2.75) is 77.0 Å². The van der Waals surface area contributed by atoms with Gasteiger partial charge in [0.15, 0.2) is 5.41 Å². The smallest absolute Gasteiger partial charge is 0.326 e. The van der Waals surface area contributed by atoms with E-state index in [0.717, 1.165) is 0 Å². The maximum Gasteiger partial charge on any atom is 0.326 e. The molecule has 0 aromatic carbocycles. The molecule has 0 aromatic heterocycles. The lowest BCUT2D eigenvalue weighted by molar-refractivity contribution is -0.151. The van der Waals surface area contributed by atoms with E-state index >= 15 is 0 Å². The number of hydrogen-bond donors (Lipinski definition) is 0. The number of carbonyl (C=O) groups is 1. The predicted molar refractivity (Wildman–Crippen MR) is 82.4 cm³/mol. The molecular weight excluding hydrogens is 262 g/mol. The second-order valence-electron chi connectivity index (χ2n) is 7.10. The Morgan fingerprint density at radius 1 is 1.00 bits per heavy atom. The van der Waals surface area contributed by atoms with Gasteiger partial charge >= 0.3 is 5.97 Å². The van der Waals surface area contributed by atoms with Crippen molar-refractivity contribution in [1.29, 1.82) is 5.26 Å². The lowest BCUT2D eigenvalue weighted by Crippen LogP contribution is -2.36. The second-order valence-corrected chi connectivity index (χ2v) is 7.10. The Morgan fingerprint density at radius 3 is 1.76 bits per heavy atom. The third-order valence-electron chi connectivity index (χ3n) is 5.51. The monoisotopic (exact) mass is 291 g/mol. The summed E-state index contributed by atoms with van der Waals surface area (Å²) >= 11 is 0. The van der Waals surface area contributed by atoms with Gasteiger partial charge in [0, 0.05) is 0 Å². The van der Waals surface area contributed by atoms with Gasteiger partial charge in [0.1, 0.15) is 0 Å². The summed E-state index contributed by atoms with van der Waals surface area (Å²) in [6.07, 6.45) is 13.7. The van der Waals surface area contributed by atoms with E-state index in [1.807, 2.05) is 0 Å². The number of rotatable bonds is 5. The van der Waals surface area contributed by atoms with Crippen LogP contribution in [0.1, 0.15) is 77.0 Å². The van der Waals surface area contributed by atoms with Crippen molar-refractivity contribution in [3.05, 3.63) is 0 Å². The Labute approximate surface area is 129 Å². The van der Waals surface area contributed by atoms with Crippen LogP contribution in [-0.2, 0) is 9.53 Å². The van der Waals surface area contributed by atoms with Crippen LogP contribution in [0.3, 0.4) is 0 Å². The van der Waals surface area contributed by atoms with Gasteiger partial charge in [-0.3, -0.25) is 4.79 Å². The minimum atomic E-state index is -0.890. The molecule has 0 amide bonds. The number of esters is 1. The molecule has 0 unspecified atom stereocenters. The van der Waals surface area contributed by atoms with Gasteiger partial charge in [-0.15, -0.1) is 0 Å². The average Bonchev–Trinajstić information content (AvgIpc) is 2.55. The molecule has 2 aliphatic carbocycles. The van der Waals surface area contributed by atoms with E-state index in [9.17, 15) is 10.1 Å². The summed E-state index contributed by atoms with van der Waals surface area (Å²) in [6, 6.07) is 2.39. The average molecular weight is 291 g/mol. The first-order chi connectivity index (χ1) is 10.2. The fourth-order valence-corrected chi connectivity index (χ4v) is 4.35. The molecule has 2 fully saturated rings. The van der Waals surface area contributed by atoms with Crippen molar-refractivity contribution in [2.75, 3.05) is 7.11 Å². The van der Waals surface area contributed by atoms with Crippen molar-refractivity contribution < 1.29 is 9.53 Å². The highest BCUT2D eigenvalue weighted by molar-refractivity contribution is 5.80. The van der Waals surface area contributed by atoms with Crippen LogP contribution in [0.15, 0.2) is 0 Å². The highest BCUT2D eigenvalue weighted by atomic mass is 16.5. The molecule has 0 heterocycles. The SMILES string of the molecule is COC(=O)C(C#N)(CC1CCCCC1)CC1CCCCC1. The highest BCUT2D eigenvalue weighted by Gasteiger charge is 2.43. The van der Waals surface area contributed by atoms with E-state index in [1.54, 1.807) is 0 Å². The quantitative estimate of drug-likeness (QED) is 0.695. The van der Waals surface area contributed by atoms with Crippen molar-refractivity contribution in [1.82, 2.24) is 0 Å². The fourth-order valence-electron chi connectivity index (χ4n) is 4.35. The highest BCUT2D eigenvalue weighted by Crippen LogP contribution is 2.42. The molecule has 0 saturated heterocycles. The van der Waals surface area contributed by atoms with Crippen LogP contribution >= 0.6 is 0 Å². The third-order valence-corrected chi connectivity index (χ3v) is 5.51. The largest absolute Gasteiger partial charge is 0.468 e. The van der Waals surface area contributed by atoms with Crippen LogP contribution in [-0.4, -0.2) is 13.1 Å². The van der Waals surface area contributed by atoms with E-state index in [1.165, 1.54) is 71.3 Å². The molecule has 0 N–H and O–H groups in total. The summed E-state index contributed by atoms with van der Waals surface area (Å²) in [5.41, 5.74) is -0.890. The molecule has 0 aliphatic heterocycles. The van der Waals surface area contributed by atoms with Crippen LogP contribution in [0.5, 0.6) is 0 Å². The minimum Gasteiger partial charge on any atom is -0.468 e. The van der Waals surface area contributed by atoms with Gasteiger partial charge in [-0.1, -0.05) is 64.2 Å². The van der Waals surface area contributed by atoms with Gasteiger partial charge in [-0.2, -0.15) is 5.26 Å². The van der Waals surface area contributed by atoms with Crippen LogP contribution < -0.4 is 0 Å². The zero-order valence-electron chi connectivity index (χ0n) is 13.4. The fraction of sp³-hybridized carbons (Fsp3) is 0.889. The molecule has 118 valence electrons. The van der Waals surface area contributed by atoms with Crippen molar-refractivity contribution in [3.8, 4) is 6.07 Å². The number of hydrogen-bond acceptors (Lipinski definition) is 3. The molecule has 0 radical (unpaired) electrons. The normalized spacial score (nSPS) is 21.7. The first-order valence-electron chi connectivity index (χ1n) is 8.70. The Balaban J connectivity index is 2.07. The van der Waals surface area contributed by atoms with Crippen molar-refractivity contribution in [3.63, 3.8) is 0 Å². The van der Waals surface area contributed by atoms with Crippen molar-refractivity contribution in [2.24, 2.45) is 17.3 Å². The summed E-state index contributed by atoms with van der Waals surface area (Å²) < 4.78 is 5.03. The second kappa shape index (κ2) is 7.82. The number of carbonyl (C=O) groups excluding carboxylic acids is 1. The lowest BCUT2D eigenvalue weighted by Gasteiger charge is -2.34. The number of methoxy groups -OCH3 is 1. The van der Waals surface area contributed by atoms with Gasteiger partial charge < -0.3 is 4.74 Å².